The summed E-state index contributed by atoms with van der Waals surface area (Å²) >= 11 is 1.26. The fraction of sp³-hybridized carbons (Fsp3) is 0.409. The molecule has 0 aliphatic carbocycles. The summed E-state index contributed by atoms with van der Waals surface area (Å²) in [6, 6.07) is 5.27. The molecule has 2 aliphatic heterocycles. The van der Waals surface area contributed by atoms with Crippen molar-refractivity contribution in [1.29, 1.82) is 0 Å². The number of carbonyl (C=O) groups is 3. The average Bonchev–Trinajstić information content (AvgIpc) is 3.21. The molecule has 2 N–H and O–H groups in total. The topological polar surface area (TPSA) is 108 Å². The summed E-state index contributed by atoms with van der Waals surface area (Å²) < 4.78 is 16.5. The first-order valence-electron chi connectivity index (χ1n) is 9.87. The van der Waals surface area contributed by atoms with E-state index in [1.807, 2.05) is 0 Å². The second-order valence-corrected chi connectivity index (χ2v) is 9.61. The third-order valence-electron chi connectivity index (χ3n) is 5.19. The number of benzene rings is 1. The van der Waals surface area contributed by atoms with Crippen LogP contribution in [0.4, 0.5) is 5.00 Å². The molecule has 0 spiro atoms. The van der Waals surface area contributed by atoms with Gasteiger partial charge in [0, 0.05) is 11.3 Å². The summed E-state index contributed by atoms with van der Waals surface area (Å²) in [7, 11) is 1.48. The van der Waals surface area contributed by atoms with Gasteiger partial charge in [-0.05, 0) is 38.0 Å². The summed E-state index contributed by atoms with van der Waals surface area (Å²) in [6.07, 6.45) is -0.750. The molecule has 9 heteroatoms. The predicted octanol–water partition coefficient (Wildman–Crippen LogP) is 2.92. The molecule has 1 aromatic carbocycles. The maximum absolute atomic E-state index is 13.2. The largest absolute Gasteiger partial charge is 0.496 e. The second-order valence-electron chi connectivity index (χ2n) is 8.47. The molecule has 1 unspecified atom stereocenters. The molecule has 2 aliphatic rings. The summed E-state index contributed by atoms with van der Waals surface area (Å²) in [5.41, 5.74) is 7.48. The molecule has 2 amide bonds. The van der Waals surface area contributed by atoms with Crippen LogP contribution >= 0.6 is 11.3 Å². The molecule has 0 fully saturated rings. The third kappa shape index (κ3) is 3.79. The minimum absolute atomic E-state index is 0.141. The molecule has 8 nitrogen and oxygen atoms in total. The number of nitrogen functional groups attached to an aromatic ring is 1. The average molecular weight is 445 g/mol. The highest BCUT2D eigenvalue weighted by atomic mass is 32.1. The highest BCUT2D eigenvalue weighted by Gasteiger charge is 2.41. The van der Waals surface area contributed by atoms with Crippen LogP contribution in [0.25, 0.3) is 0 Å². The van der Waals surface area contributed by atoms with Crippen LogP contribution in [0.5, 0.6) is 5.75 Å². The zero-order chi connectivity index (χ0) is 22.5. The first-order valence-corrected chi connectivity index (χ1v) is 10.7. The van der Waals surface area contributed by atoms with Crippen LogP contribution in [0.1, 0.15) is 57.5 Å². The lowest BCUT2D eigenvalue weighted by Gasteiger charge is -2.26. The van der Waals surface area contributed by atoms with Crippen molar-refractivity contribution in [2.45, 2.75) is 52.0 Å². The van der Waals surface area contributed by atoms with E-state index in [9.17, 15) is 14.4 Å². The van der Waals surface area contributed by atoms with E-state index >= 15 is 0 Å². The number of imide groups is 1. The van der Waals surface area contributed by atoms with Crippen molar-refractivity contribution in [2.24, 2.45) is 0 Å². The summed E-state index contributed by atoms with van der Waals surface area (Å²) in [4.78, 5) is 40.8. The number of methoxy groups -OCH3 is 1. The monoisotopic (exact) mass is 444 g/mol. The fourth-order valence-corrected chi connectivity index (χ4v) is 4.86. The number of amides is 2. The van der Waals surface area contributed by atoms with Crippen molar-refractivity contribution in [3.8, 4) is 5.75 Å². The normalized spacial score (nSPS) is 17.9. The smallest absolute Gasteiger partial charge is 0.341 e. The van der Waals surface area contributed by atoms with E-state index in [2.05, 4.69) is 0 Å². The molecule has 0 saturated carbocycles. The Kier molecular flexibility index (Phi) is 5.26. The maximum atomic E-state index is 13.2. The van der Waals surface area contributed by atoms with E-state index in [1.54, 1.807) is 39.0 Å². The molecular weight excluding hydrogens is 420 g/mol. The van der Waals surface area contributed by atoms with Crippen LogP contribution < -0.4 is 10.5 Å². The Labute approximate surface area is 183 Å². The molecule has 31 heavy (non-hydrogen) atoms. The number of hydrogen-bond acceptors (Lipinski definition) is 8. The van der Waals surface area contributed by atoms with Gasteiger partial charge in [0.05, 0.1) is 31.4 Å². The summed E-state index contributed by atoms with van der Waals surface area (Å²) in [6.45, 7) is 5.63. The molecule has 3 heterocycles. The van der Waals surface area contributed by atoms with Gasteiger partial charge in [0.15, 0.2) is 0 Å². The van der Waals surface area contributed by atoms with E-state index in [4.69, 9.17) is 19.9 Å². The minimum atomic E-state index is -0.896. The number of thiophene rings is 1. The lowest BCUT2D eigenvalue weighted by Crippen LogP contribution is -2.43. The van der Waals surface area contributed by atoms with Gasteiger partial charge in [-0.25, -0.2) is 4.79 Å². The van der Waals surface area contributed by atoms with Gasteiger partial charge in [-0.1, -0.05) is 12.1 Å². The van der Waals surface area contributed by atoms with Crippen LogP contribution in [-0.2, 0) is 33.8 Å². The molecule has 164 valence electrons. The van der Waals surface area contributed by atoms with Gasteiger partial charge in [-0.15, -0.1) is 11.3 Å². The number of fused-ring (bicyclic) bond motifs is 2. The van der Waals surface area contributed by atoms with Crippen molar-refractivity contribution in [1.82, 2.24) is 4.90 Å². The Morgan fingerprint density at radius 1 is 1.29 bits per heavy atom. The van der Waals surface area contributed by atoms with E-state index < -0.39 is 29.5 Å². The highest BCUT2D eigenvalue weighted by Crippen LogP contribution is 2.38. The molecule has 1 atom stereocenters. The summed E-state index contributed by atoms with van der Waals surface area (Å²) in [5, 5.41) is 0.338. The first-order chi connectivity index (χ1) is 14.6. The molecule has 0 saturated heterocycles. The predicted molar refractivity (Wildman–Crippen MR) is 114 cm³/mol. The third-order valence-corrected chi connectivity index (χ3v) is 6.22. The van der Waals surface area contributed by atoms with Gasteiger partial charge in [0.2, 0.25) is 0 Å². The Morgan fingerprint density at radius 2 is 2.03 bits per heavy atom. The van der Waals surface area contributed by atoms with Gasteiger partial charge in [0.1, 0.15) is 22.5 Å². The van der Waals surface area contributed by atoms with Gasteiger partial charge in [-0.3, -0.25) is 14.5 Å². The SMILES string of the molecule is COc1cccc2c1C(=O)N(C(=O)C1Cc3c(sc(N)c3C(=O)OC(C)(C)C)CO1)C2. The molecule has 1 aromatic heterocycles. The summed E-state index contributed by atoms with van der Waals surface area (Å²) in [5.74, 6) is -0.953. The molecule has 2 aromatic rings. The van der Waals surface area contributed by atoms with Crippen LogP contribution in [0.3, 0.4) is 0 Å². The van der Waals surface area contributed by atoms with Gasteiger partial charge >= 0.3 is 5.97 Å². The number of nitrogens with two attached hydrogens (primary N) is 1. The molecule has 4 rings (SSSR count). The Bertz CT molecular complexity index is 1080. The van der Waals surface area contributed by atoms with Gasteiger partial charge < -0.3 is 19.9 Å². The number of rotatable bonds is 3. The Hall–Kier alpha value is -2.91. The highest BCUT2D eigenvalue weighted by molar-refractivity contribution is 7.16. The van der Waals surface area contributed by atoms with Crippen molar-refractivity contribution in [3.63, 3.8) is 0 Å². The number of hydrogen-bond donors (Lipinski definition) is 1. The first kappa shape index (κ1) is 21.3. The fourth-order valence-electron chi connectivity index (χ4n) is 3.85. The van der Waals surface area contributed by atoms with Gasteiger partial charge in [0.25, 0.3) is 11.8 Å². The van der Waals surface area contributed by atoms with Crippen LogP contribution in [0, 0.1) is 0 Å². The lowest BCUT2D eigenvalue weighted by molar-refractivity contribution is -0.142. The zero-order valence-corrected chi connectivity index (χ0v) is 18.6. The van der Waals surface area contributed by atoms with Crippen molar-refractivity contribution in [2.75, 3.05) is 12.8 Å². The maximum Gasteiger partial charge on any atom is 0.341 e. The molecule has 0 radical (unpaired) electrons. The number of nitrogens with zero attached hydrogens (tertiary/aromatic N) is 1. The Morgan fingerprint density at radius 3 is 2.71 bits per heavy atom. The van der Waals surface area contributed by atoms with Crippen LogP contribution in [0.15, 0.2) is 18.2 Å². The van der Waals surface area contributed by atoms with Crippen molar-refractivity contribution >= 4 is 34.1 Å². The van der Waals surface area contributed by atoms with E-state index in [0.717, 1.165) is 10.4 Å². The van der Waals surface area contributed by atoms with Crippen LogP contribution in [-0.4, -0.2) is 41.5 Å². The minimum Gasteiger partial charge on any atom is -0.496 e. The van der Waals surface area contributed by atoms with Crippen molar-refractivity contribution < 1.29 is 28.6 Å². The molecule has 0 bridgehead atoms. The van der Waals surface area contributed by atoms with E-state index in [0.29, 0.717) is 21.9 Å². The van der Waals surface area contributed by atoms with Crippen LogP contribution in [0.2, 0.25) is 0 Å². The van der Waals surface area contributed by atoms with E-state index in [-0.39, 0.29) is 25.1 Å². The number of ether oxygens (including phenoxy) is 3. The number of carbonyl (C=O) groups excluding carboxylic acids is 3. The standard InChI is InChI=1S/C22H24N2O6S/c1-22(2,3)30-21(27)17-12-8-14(29-10-15(12)31-18(17)23)19(25)24-9-11-6-5-7-13(28-4)16(11)20(24)26/h5-7,14H,8-10,23H2,1-4H3. The molecular formula is C22H24N2O6S. The van der Waals surface area contributed by atoms with Crippen molar-refractivity contribution in [3.05, 3.63) is 45.3 Å². The Balaban J connectivity index is 1.58. The zero-order valence-electron chi connectivity index (χ0n) is 17.8. The number of anilines is 1. The van der Waals surface area contributed by atoms with E-state index in [1.165, 1.54) is 23.3 Å². The lowest BCUT2D eigenvalue weighted by atomic mass is 10.00. The number of esters is 1. The second kappa shape index (κ2) is 7.65. The quantitative estimate of drug-likeness (QED) is 0.573. The van der Waals surface area contributed by atoms with Gasteiger partial charge in [-0.2, -0.15) is 0 Å².